The van der Waals surface area contributed by atoms with Gasteiger partial charge in [-0.15, -0.1) is 10.2 Å². The molecule has 1 heterocycles. The molecule has 0 atom stereocenters. The molecule has 0 aliphatic heterocycles. The molecule has 1 amide bonds. The number of thioether (sulfide) groups is 1. The lowest BCUT2D eigenvalue weighted by Crippen LogP contribution is -2.12. The largest absolute Gasteiger partial charge is 0.493 e. The van der Waals surface area contributed by atoms with Gasteiger partial charge in [0.2, 0.25) is 10.9 Å². The maximum atomic E-state index is 12.5. The van der Waals surface area contributed by atoms with Crippen LogP contribution in [0.15, 0.2) is 16.5 Å². The van der Waals surface area contributed by atoms with Crippen LogP contribution in [0.5, 0.6) is 17.2 Å². The summed E-state index contributed by atoms with van der Waals surface area (Å²) >= 11 is 2.33. The zero-order chi connectivity index (χ0) is 19.1. The van der Waals surface area contributed by atoms with Crippen LogP contribution in [-0.4, -0.2) is 56.3 Å². The van der Waals surface area contributed by atoms with Crippen LogP contribution < -0.4 is 19.5 Å². The van der Waals surface area contributed by atoms with Crippen LogP contribution >= 0.6 is 23.1 Å². The van der Waals surface area contributed by atoms with Crippen molar-refractivity contribution < 1.29 is 28.5 Å². The quantitative estimate of drug-likeness (QED) is 0.405. The Morgan fingerprint density at radius 3 is 2.27 bits per heavy atom. The lowest BCUT2D eigenvalue weighted by atomic mass is 10.1. The van der Waals surface area contributed by atoms with Crippen molar-refractivity contribution >= 4 is 40.1 Å². The van der Waals surface area contributed by atoms with Gasteiger partial charge in [-0.25, -0.2) is 0 Å². The number of nitrogens with zero attached hydrogens (tertiary/aromatic N) is 2. The average Bonchev–Trinajstić information content (AvgIpc) is 3.11. The molecule has 1 N–H and O–H groups in total. The summed E-state index contributed by atoms with van der Waals surface area (Å²) in [5.74, 6) is 0.459. The fourth-order valence-electron chi connectivity index (χ4n) is 1.88. The predicted molar refractivity (Wildman–Crippen MR) is 96.7 cm³/mol. The number of amides is 1. The monoisotopic (exact) mass is 399 g/mol. The summed E-state index contributed by atoms with van der Waals surface area (Å²) in [6.07, 6.45) is 0. The number of esters is 1. The van der Waals surface area contributed by atoms with Gasteiger partial charge < -0.3 is 18.9 Å². The number of hydrogen-bond acceptors (Lipinski definition) is 10. The highest BCUT2D eigenvalue weighted by Crippen LogP contribution is 2.38. The van der Waals surface area contributed by atoms with Gasteiger partial charge in [0.25, 0.3) is 5.91 Å². The summed E-state index contributed by atoms with van der Waals surface area (Å²) < 4.78 is 20.8. The first-order valence-electron chi connectivity index (χ1n) is 7.16. The second-order valence-electron chi connectivity index (χ2n) is 4.61. The standard InChI is InChI=1S/C15H17N3O6S2/c1-21-9-5-8(6-10(22-2)12(9)24-4)13(20)16-14-17-18-15(26-14)25-7-11(19)23-3/h5-6H,7H2,1-4H3,(H,16,17,20). The molecule has 0 saturated carbocycles. The third kappa shape index (κ3) is 4.76. The number of carbonyl (C=O) groups excluding carboxylic acids is 2. The lowest BCUT2D eigenvalue weighted by molar-refractivity contribution is -0.137. The first-order chi connectivity index (χ1) is 12.5. The molecule has 1 aromatic carbocycles. The van der Waals surface area contributed by atoms with E-state index < -0.39 is 5.91 Å². The number of nitrogens with one attached hydrogen (secondary N) is 1. The van der Waals surface area contributed by atoms with Gasteiger partial charge >= 0.3 is 5.97 Å². The number of rotatable bonds is 8. The van der Waals surface area contributed by atoms with Gasteiger partial charge in [-0.2, -0.15) is 0 Å². The molecule has 0 aliphatic rings. The number of aromatic nitrogens is 2. The summed E-state index contributed by atoms with van der Waals surface area (Å²) in [4.78, 5) is 23.6. The van der Waals surface area contributed by atoms with Crippen molar-refractivity contribution in [1.82, 2.24) is 10.2 Å². The Morgan fingerprint density at radius 2 is 1.73 bits per heavy atom. The van der Waals surface area contributed by atoms with E-state index in [0.717, 1.165) is 11.3 Å². The molecule has 2 rings (SSSR count). The maximum absolute atomic E-state index is 12.5. The molecule has 140 valence electrons. The highest BCUT2D eigenvalue weighted by Gasteiger charge is 2.18. The van der Waals surface area contributed by atoms with Gasteiger partial charge in [-0.05, 0) is 12.1 Å². The summed E-state index contributed by atoms with van der Waals surface area (Å²) in [5.41, 5.74) is 0.304. The third-order valence-electron chi connectivity index (χ3n) is 3.10. The minimum absolute atomic E-state index is 0.117. The molecule has 0 spiro atoms. The molecule has 11 heteroatoms. The first-order valence-corrected chi connectivity index (χ1v) is 8.97. The minimum atomic E-state index is -0.412. The van der Waals surface area contributed by atoms with Crippen LogP contribution in [0.4, 0.5) is 5.13 Å². The van der Waals surface area contributed by atoms with Gasteiger partial charge in [-0.3, -0.25) is 14.9 Å². The molecular formula is C15H17N3O6S2. The van der Waals surface area contributed by atoms with Crippen molar-refractivity contribution in [3.8, 4) is 17.2 Å². The number of carbonyl (C=O) groups is 2. The van der Waals surface area contributed by atoms with Gasteiger partial charge in [0.1, 0.15) is 0 Å². The summed E-state index contributed by atoms with van der Waals surface area (Å²) in [5, 5.41) is 10.7. The van der Waals surface area contributed by atoms with Crippen molar-refractivity contribution in [2.75, 3.05) is 39.5 Å². The third-order valence-corrected chi connectivity index (χ3v) is 5.04. The molecule has 9 nitrogen and oxygen atoms in total. The van der Waals surface area contributed by atoms with Crippen LogP contribution in [0.1, 0.15) is 10.4 Å². The van der Waals surface area contributed by atoms with Crippen LogP contribution in [0, 0.1) is 0 Å². The van der Waals surface area contributed by atoms with E-state index in [9.17, 15) is 9.59 Å². The Kier molecular flexibility index (Phi) is 7.04. The molecule has 0 saturated heterocycles. The predicted octanol–water partition coefficient (Wildman–Crippen LogP) is 2.08. The van der Waals surface area contributed by atoms with Crippen molar-refractivity contribution in [1.29, 1.82) is 0 Å². The van der Waals surface area contributed by atoms with Gasteiger partial charge in [0.15, 0.2) is 15.8 Å². The Morgan fingerprint density at radius 1 is 1.08 bits per heavy atom. The highest BCUT2D eigenvalue weighted by molar-refractivity contribution is 8.01. The first kappa shape index (κ1) is 19.8. The van der Waals surface area contributed by atoms with Crippen LogP contribution in [0.25, 0.3) is 0 Å². The molecule has 0 unspecified atom stereocenters. The van der Waals surface area contributed by atoms with E-state index in [-0.39, 0.29) is 11.7 Å². The minimum Gasteiger partial charge on any atom is -0.493 e. The molecular weight excluding hydrogens is 382 g/mol. The van der Waals surface area contributed by atoms with E-state index in [1.807, 2.05) is 0 Å². The number of benzene rings is 1. The SMILES string of the molecule is COC(=O)CSc1nnc(NC(=O)c2cc(OC)c(OC)c(OC)c2)s1. The molecule has 0 radical (unpaired) electrons. The van der Waals surface area contributed by atoms with Gasteiger partial charge in [-0.1, -0.05) is 23.1 Å². The second kappa shape index (κ2) is 9.25. The molecule has 0 fully saturated rings. The lowest BCUT2D eigenvalue weighted by Gasteiger charge is -2.13. The van der Waals surface area contributed by atoms with Crippen molar-refractivity contribution in [3.05, 3.63) is 17.7 Å². The van der Waals surface area contributed by atoms with E-state index in [2.05, 4.69) is 20.3 Å². The fraction of sp³-hybridized carbons (Fsp3) is 0.333. The highest BCUT2D eigenvalue weighted by atomic mass is 32.2. The van der Waals surface area contributed by atoms with E-state index in [1.54, 1.807) is 0 Å². The molecule has 0 aliphatic carbocycles. The number of anilines is 1. The molecule has 26 heavy (non-hydrogen) atoms. The van der Waals surface area contributed by atoms with Crippen LogP contribution in [-0.2, 0) is 9.53 Å². The molecule has 0 bridgehead atoms. The summed E-state index contributed by atoms with van der Waals surface area (Å²) in [6.45, 7) is 0. The second-order valence-corrected chi connectivity index (χ2v) is 6.81. The Hall–Kier alpha value is -2.53. The Balaban J connectivity index is 2.12. The number of hydrogen-bond donors (Lipinski definition) is 1. The van der Waals surface area contributed by atoms with Crippen LogP contribution in [0.3, 0.4) is 0 Å². The Bertz CT molecular complexity index is 770. The van der Waals surface area contributed by atoms with Gasteiger partial charge in [0.05, 0.1) is 34.2 Å². The normalized spacial score (nSPS) is 10.2. The number of methoxy groups -OCH3 is 4. The topological polar surface area (TPSA) is 109 Å². The average molecular weight is 399 g/mol. The summed E-state index contributed by atoms with van der Waals surface area (Å²) in [7, 11) is 5.73. The molecule has 2 aromatic rings. The maximum Gasteiger partial charge on any atom is 0.316 e. The van der Waals surface area contributed by atoms with Crippen molar-refractivity contribution in [2.24, 2.45) is 0 Å². The zero-order valence-corrected chi connectivity index (χ0v) is 16.2. The van der Waals surface area contributed by atoms with Crippen molar-refractivity contribution in [2.45, 2.75) is 4.34 Å². The summed E-state index contributed by atoms with van der Waals surface area (Å²) in [6, 6.07) is 3.06. The van der Waals surface area contributed by atoms with Crippen molar-refractivity contribution in [3.63, 3.8) is 0 Å². The molecule has 1 aromatic heterocycles. The van der Waals surface area contributed by atoms with Gasteiger partial charge in [0, 0.05) is 5.56 Å². The van der Waals surface area contributed by atoms with E-state index in [1.165, 1.54) is 52.3 Å². The Labute approximate surface area is 158 Å². The van der Waals surface area contributed by atoms with E-state index >= 15 is 0 Å². The van der Waals surface area contributed by atoms with E-state index in [0.29, 0.717) is 32.3 Å². The zero-order valence-electron chi connectivity index (χ0n) is 14.5. The van der Waals surface area contributed by atoms with E-state index in [4.69, 9.17) is 14.2 Å². The smallest absolute Gasteiger partial charge is 0.316 e. The fourth-order valence-corrected chi connectivity index (χ4v) is 3.46. The number of ether oxygens (including phenoxy) is 4. The van der Waals surface area contributed by atoms with Crippen LogP contribution in [0.2, 0.25) is 0 Å².